The number of benzene rings is 3. The number of anilines is 2. The molecular weight excluding hydrogens is 713 g/mol. The van der Waals surface area contributed by atoms with Gasteiger partial charge in [-0.15, -0.1) is 0 Å². The number of ether oxygens (including phenoxy) is 1. The highest BCUT2D eigenvalue weighted by Crippen LogP contribution is 2.40. The van der Waals surface area contributed by atoms with Gasteiger partial charge in [0.15, 0.2) is 5.11 Å². The van der Waals surface area contributed by atoms with Crippen LogP contribution in [0.15, 0.2) is 60.7 Å². The van der Waals surface area contributed by atoms with Crippen LogP contribution in [0.25, 0.3) is 0 Å². The van der Waals surface area contributed by atoms with Crippen molar-refractivity contribution in [2.24, 2.45) is 0 Å². The predicted molar refractivity (Wildman–Crippen MR) is 176 cm³/mol. The van der Waals surface area contributed by atoms with Gasteiger partial charge in [0.05, 0.1) is 28.4 Å². The summed E-state index contributed by atoms with van der Waals surface area (Å²) in [5.41, 5.74) is -4.31. The van der Waals surface area contributed by atoms with E-state index in [-0.39, 0.29) is 42.5 Å². The average molecular weight is 748 g/mol. The van der Waals surface area contributed by atoms with Gasteiger partial charge in [-0.1, -0.05) is 37.1 Å². The number of rotatable bonds is 7. The summed E-state index contributed by atoms with van der Waals surface area (Å²) in [4.78, 5) is 15.1. The molecule has 7 nitrogen and oxygen atoms in total. The molecule has 2 amide bonds. The molecule has 2 aliphatic rings. The van der Waals surface area contributed by atoms with Crippen LogP contribution in [0, 0.1) is 0 Å². The summed E-state index contributed by atoms with van der Waals surface area (Å²) in [5.74, 6) is -0.235. The number of alkyl halides is 9. The molecule has 0 heterocycles. The Morgan fingerprint density at radius 3 is 2.04 bits per heavy atom. The molecule has 3 aromatic carbocycles. The van der Waals surface area contributed by atoms with Crippen molar-refractivity contribution in [3.8, 4) is 5.75 Å². The Morgan fingerprint density at radius 1 is 0.784 bits per heavy atom. The van der Waals surface area contributed by atoms with E-state index in [1.165, 1.54) is 0 Å². The Morgan fingerprint density at radius 2 is 1.41 bits per heavy atom. The minimum atomic E-state index is -5.19. The summed E-state index contributed by atoms with van der Waals surface area (Å²) < 4.78 is 128. The molecule has 17 heteroatoms. The molecule has 0 bridgehead atoms. The van der Waals surface area contributed by atoms with E-state index in [0.717, 1.165) is 48.9 Å². The van der Waals surface area contributed by atoms with Gasteiger partial charge in [-0.2, -0.15) is 39.5 Å². The topological polar surface area (TPSA) is 77.7 Å². The molecule has 0 saturated heterocycles. The molecule has 0 spiro atoms. The van der Waals surface area contributed by atoms with E-state index in [2.05, 4.69) is 20.9 Å². The van der Waals surface area contributed by atoms with Gasteiger partial charge in [-0.3, -0.25) is 0 Å². The molecule has 51 heavy (non-hydrogen) atoms. The molecule has 4 atom stereocenters. The lowest BCUT2D eigenvalue weighted by atomic mass is 9.89. The monoisotopic (exact) mass is 747 g/mol. The standard InChI is InChI=1S/C34H34F9N5O2S/c1-48(2)26-10-6-5-9-24(26)46-31(51)47-29-23-8-4-3-7-18(23)13-28(29)50-27-12-11-19(32(35,36)37)17-25(27)45-30(49)44-22-15-20(33(38,39)40)14-21(16-22)34(41,42)43/h3-4,7-8,11-12,14-17,24,26,28-29H,5-6,9-10,13H2,1-2H3,(H2,44,45,49)(H2,46,47,51)/t24-,26-,28-,29-/m1/s1. The number of carbonyl (C=O) groups excluding carboxylic acids is 1. The summed E-state index contributed by atoms with van der Waals surface area (Å²) in [6.45, 7) is 0. The Kier molecular flexibility index (Phi) is 11.0. The minimum Gasteiger partial charge on any atom is -0.485 e. The summed E-state index contributed by atoms with van der Waals surface area (Å²) >= 11 is 5.70. The van der Waals surface area contributed by atoms with Crippen LogP contribution in [0.4, 0.5) is 55.7 Å². The second kappa shape index (κ2) is 14.8. The van der Waals surface area contributed by atoms with Gasteiger partial charge in [0.25, 0.3) is 0 Å². The molecule has 1 saturated carbocycles. The second-order valence-electron chi connectivity index (χ2n) is 12.7. The van der Waals surface area contributed by atoms with Crippen LogP contribution in [-0.2, 0) is 24.9 Å². The fourth-order valence-electron chi connectivity index (χ4n) is 6.47. The quantitative estimate of drug-likeness (QED) is 0.143. The zero-order valence-electron chi connectivity index (χ0n) is 27.2. The first kappa shape index (κ1) is 38.0. The van der Waals surface area contributed by atoms with Crippen molar-refractivity contribution in [2.75, 3.05) is 24.7 Å². The molecule has 0 radical (unpaired) electrons. The first-order chi connectivity index (χ1) is 23.8. The third-order valence-corrected chi connectivity index (χ3v) is 9.09. The molecule has 3 aromatic rings. The van der Waals surface area contributed by atoms with Crippen LogP contribution in [-0.4, -0.2) is 48.3 Å². The number of nitrogens with zero attached hydrogens (tertiary/aromatic N) is 1. The summed E-state index contributed by atoms with van der Waals surface area (Å²) in [5, 5.41) is 11.0. The molecule has 0 aromatic heterocycles. The van der Waals surface area contributed by atoms with Crippen molar-refractivity contribution in [1.29, 1.82) is 0 Å². The van der Waals surface area contributed by atoms with Gasteiger partial charge in [0.1, 0.15) is 11.9 Å². The lowest BCUT2D eigenvalue weighted by Crippen LogP contribution is -2.54. The fourth-order valence-corrected chi connectivity index (χ4v) is 6.75. The first-order valence-electron chi connectivity index (χ1n) is 15.9. The van der Waals surface area contributed by atoms with Gasteiger partial charge in [0, 0.05) is 24.2 Å². The van der Waals surface area contributed by atoms with Crippen molar-refractivity contribution in [3.05, 3.63) is 88.5 Å². The molecular formula is C34H34F9N5O2S. The van der Waals surface area contributed by atoms with Crippen LogP contribution in [0.3, 0.4) is 0 Å². The van der Waals surface area contributed by atoms with E-state index < -0.39 is 64.8 Å². The zero-order chi connectivity index (χ0) is 37.3. The first-order valence-corrected chi connectivity index (χ1v) is 16.3. The van der Waals surface area contributed by atoms with Crippen LogP contribution in [0.2, 0.25) is 0 Å². The molecule has 5 rings (SSSR count). The number of hydrogen-bond acceptors (Lipinski definition) is 4. The fraction of sp³-hybridized carbons (Fsp3) is 0.412. The summed E-state index contributed by atoms with van der Waals surface area (Å²) in [7, 11) is 3.99. The number of amides is 2. The Balaban J connectivity index is 1.40. The van der Waals surface area contributed by atoms with Gasteiger partial charge < -0.3 is 30.9 Å². The highest BCUT2D eigenvalue weighted by atomic mass is 32.1. The highest BCUT2D eigenvalue weighted by Gasteiger charge is 2.39. The predicted octanol–water partition coefficient (Wildman–Crippen LogP) is 8.77. The highest BCUT2D eigenvalue weighted by molar-refractivity contribution is 7.80. The molecule has 0 aliphatic heterocycles. The molecule has 0 unspecified atom stereocenters. The summed E-state index contributed by atoms with van der Waals surface area (Å²) in [6, 6.07) is 8.32. The van der Waals surface area contributed by atoms with Gasteiger partial charge >= 0.3 is 24.6 Å². The normalized spacial score (nSPS) is 20.8. The number of fused-ring (bicyclic) bond motifs is 1. The third kappa shape index (κ3) is 9.36. The third-order valence-electron chi connectivity index (χ3n) is 8.86. The lowest BCUT2D eigenvalue weighted by molar-refractivity contribution is -0.143. The van der Waals surface area contributed by atoms with E-state index in [0.29, 0.717) is 11.2 Å². The van der Waals surface area contributed by atoms with Crippen LogP contribution >= 0.6 is 12.2 Å². The molecule has 1 fully saturated rings. The number of halogens is 9. The van der Waals surface area contributed by atoms with Crippen molar-refractivity contribution >= 4 is 34.7 Å². The largest absolute Gasteiger partial charge is 0.485 e. The SMILES string of the molecule is CN(C)[C@@H]1CCCC[C@H]1NC(=S)N[C@@H]1c2ccccc2C[C@H]1Oc1ccc(C(F)(F)F)cc1NC(=O)Nc1cc(C(F)(F)F)cc(C(F)(F)F)c1. The minimum absolute atomic E-state index is 0.0676. The summed E-state index contributed by atoms with van der Waals surface area (Å²) in [6.07, 6.45) is -11.7. The lowest BCUT2D eigenvalue weighted by Gasteiger charge is -2.37. The molecule has 4 N–H and O–H groups in total. The second-order valence-corrected chi connectivity index (χ2v) is 13.1. The van der Waals surface area contributed by atoms with Crippen molar-refractivity contribution in [3.63, 3.8) is 0 Å². The Labute approximate surface area is 292 Å². The number of likely N-dealkylation sites (N-methyl/N-ethyl adjacent to an activating group) is 1. The number of carbonyl (C=O) groups is 1. The van der Waals surface area contributed by atoms with Crippen LogP contribution < -0.4 is 26.0 Å². The van der Waals surface area contributed by atoms with E-state index in [1.54, 1.807) is 0 Å². The zero-order valence-corrected chi connectivity index (χ0v) is 28.0. The van der Waals surface area contributed by atoms with Crippen LogP contribution in [0.5, 0.6) is 5.75 Å². The van der Waals surface area contributed by atoms with E-state index in [4.69, 9.17) is 17.0 Å². The van der Waals surface area contributed by atoms with Crippen molar-refractivity contribution in [2.45, 2.75) is 74.9 Å². The molecule has 276 valence electrons. The van der Waals surface area contributed by atoms with Gasteiger partial charge in [-0.05, 0) is 86.7 Å². The number of hydrogen-bond donors (Lipinski definition) is 4. The molecule has 2 aliphatic carbocycles. The number of nitrogens with one attached hydrogen (secondary N) is 4. The number of urea groups is 1. The van der Waals surface area contributed by atoms with E-state index in [1.807, 2.05) is 43.7 Å². The Bertz CT molecular complexity index is 1710. The van der Waals surface area contributed by atoms with Crippen molar-refractivity contribution in [1.82, 2.24) is 15.5 Å². The number of thiocarbonyl (C=S) groups is 1. The average Bonchev–Trinajstić information content (AvgIpc) is 3.36. The van der Waals surface area contributed by atoms with E-state index >= 15 is 0 Å². The maximum Gasteiger partial charge on any atom is 0.416 e. The van der Waals surface area contributed by atoms with Gasteiger partial charge in [-0.25, -0.2) is 4.79 Å². The Hall–Kier alpha value is -4.25. The maximum atomic E-state index is 13.7. The van der Waals surface area contributed by atoms with Gasteiger partial charge in [0.2, 0.25) is 0 Å². The van der Waals surface area contributed by atoms with Crippen molar-refractivity contribution < 1.29 is 49.0 Å². The van der Waals surface area contributed by atoms with E-state index in [9.17, 15) is 44.3 Å². The van der Waals surface area contributed by atoms with Crippen LogP contribution in [0.1, 0.15) is 59.5 Å². The smallest absolute Gasteiger partial charge is 0.416 e. The maximum absolute atomic E-state index is 13.7.